The number of hydrogen-bond donors (Lipinski definition) is 1. The molecule has 5 nitrogen and oxygen atoms in total. The van der Waals surface area contributed by atoms with Crippen LogP contribution in [0.2, 0.25) is 0 Å². The van der Waals surface area contributed by atoms with E-state index in [0.29, 0.717) is 39.4 Å². The Morgan fingerprint density at radius 2 is 1.33 bits per heavy atom. The second-order valence-corrected chi connectivity index (χ2v) is 7.28. The molecule has 33 heavy (non-hydrogen) atoms. The average molecular weight is 437 g/mol. The van der Waals surface area contributed by atoms with Crippen molar-refractivity contribution in [1.29, 1.82) is 0 Å². The lowest BCUT2D eigenvalue weighted by molar-refractivity contribution is 0.102. The summed E-state index contributed by atoms with van der Waals surface area (Å²) < 4.78 is 11.0. The van der Waals surface area contributed by atoms with Gasteiger partial charge in [-0.2, -0.15) is 0 Å². The third-order valence-corrected chi connectivity index (χ3v) is 5.31. The van der Waals surface area contributed by atoms with Crippen molar-refractivity contribution < 1.29 is 19.1 Å². The number of hydrogen-bond acceptors (Lipinski definition) is 4. The van der Waals surface area contributed by atoms with Crippen molar-refractivity contribution in [2.75, 3.05) is 19.5 Å². The van der Waals surface area contributed by atoms with Gasteiger partial charge in [0.1, 0.15) is 0 Å². The average Bonchev–Trinajstić information content (AvgIpc) is 2.88. The summed E-state index contributed by atoms with van der Waals surface area (Å²) in [4.78, 5) is 26.7. The molecular formula is C28H23NO4. The molecule has 0 spiro atoms. The van der Waals surface area contributed by atoms with E-state index in [2.05, 4.69) is 5.32 Å². The molecule has 5 heteroatoms. The number of amides is 1. The maximum absolute atomic E-state index is 13.6. The Kier molecular flexibility index (Phi) is 6.51. The van der Waals surface area contributed by atoms with Gasteiger partial charge in [0.25, 0.3) is 5.91 Å². The molecule has 0 aromatic heterocycles. The minimum Gasteiger partial charge on any atom is -0.493 e. The molecule has 4 aromatic carbocycles. The maximum atomic E-state index is 13.6. The van der Waals surface area contributed by atoms with Crippen LogP contribution in [0.4, 0.5) is 5.69 Å². The van der Waals surface area contributed by atoms with Crippen LogP contribution in [0.1, 0.15) is 26.3 Å². The van der Waals surface area contributed by atoms with Gasteiger partial charge in [-0.3, -0.25) is 9.59 Å². The van der Waals surface area contributed by atoms with Crippen molar-refractivity contribution in [2.24, 2.45) is 0 Å². The standard InChI is InChI=1S/C28H23NO4/c1-32-24-18-17-21(19-11-5-3-6-12-19)25(27(24)33-2)28(31)29-23-16-10-9-15-22(23)26(30)20-13-7-4-8-14-20/h3-18H,1-2H3,(H,29,31). The first-order valence-electron chi connectivity index (χ1n) is 10.4. The Bertz CT molecular complexity index is 1280. The van der Waals surface area contributed by atoms with Crippen molar-refractivity contribution in [3.05, 3.63) is 114 Å². The van der Waals surface area contributed by atoms with E-state index >= 15 is 0 Å². The highest BCUT2D eigenvalue weighted by molar-refractivity contribution is 6.17. The number of carbonyl (C=O) groups excluding carboxylic acids is 2. The summed E-state index contributed by atoms with van der Waals surface area (Å²) in [5.41, 5.74) is 3.24. The van der Waals surface area contributed by atoms with E-state index in [-0.39, 0.29) is 5.78 Å². The van der Waals surface area contributed by atoms with E-state index in [4.69, 9.17) is 9.47 Å². The Labute approximate surface area is 192 Å². The van der Waals surface area contributed by atoms with E-state index in [9.17, 15) is 9.59 Å². The first-order chi connectivity index (χ1) is 16.1. The van der Waals surface area contributed by atoms with Crippen LogP contribution in [0, 0.1) is 0 Å². The summed E-state index contributed by atoms with van der Waals surface area (Å²) >= 11 is 0. The molecule has 0 aliphatic rings. The Hall–Kier alpha value is -4.38. The topological polar surface area (TPSA) is 64.6 Å². The molecule has 4 aromatic rings. The summed E-state index contributed by atoms with van der Waals surface area (Å²) in [6, 6.07) is 29.1. The molecule has 0 aliphatic carbocycles. The molecule has 164 valence electrons. The van der Waals surface area contributed by atoms with Crippen LogP contribution in [0.15, 0.2) is 97.1 Å². The molecule has 1 N–H and O–H groups in total. The highest BCUT2D eigenvalue weighted by atomic mass is 16.5. The summed E-state index contributed by atoms with van der Waals surface area (Å²) in [6.07, 6.45) is 0. The molecule has 0 aliphatic heterocycles. The van der Waals surface area contributed by atoms with Gasteiger partial charge in [0.15, 0.2) is 17.3 Å². The molecule has 0 bridgehead atoms. The van der Waals surface area contributed by atoms with Crippen LogP contribution in [0.5, 0.6) is 11.5 Å². The summed E-state index contributed by atoms with van der Waals surface area (Å²) in [6.45, 7) is 0. The summed E-state index contributed by atoms with van der Waals surface area (Å²) in [7, 11) is 3.02. The zero-order valence-corrected chi connectivity index (χ0v) is 18.4. The van der Waals surface area contributed by atoms with Gasteiger partial charge in [-0.05, 0) is 35.4 Å². The van der Waals surface area contributed by atoms with Crippen molar-refractivity contribution in [3.8, 4) is 22.6 Å². The van der Waals surface area contributed by atoms with Gasteiger partial charge in [-0.1, -0.05) is 72.8 Å². The summed E-state index contributed by atoms with van der Waals surface area (Å²) in [5.74, 6) is 0.185. The number of ether oxygens (including phenoxy) is 2. The molecule has 0 fully saturated rings. The number of anilines is 1. The lowest BCUT2D eigenvalue weighted by Gasteiger charge is -2.18. The Morgan fingerprint density at radius 3 is 2.00 bits per heavy atom. The third kappa shape index (κ3) is 4.48. The Morgan fingerprint density at radius 1 is 0.697 bits per heavy atom. The van der Waals surface area contributed by atoms with Crippen LogP contribution < -0.4 is 14.8 Å². The monoisotopic (exact) mass is 437 g/mol. The predicted molar refractivity (Wildman–Crippen MR) is 129 cm³/mol. The number of carbonyl (C=O) groups is 2. The van der Waals surface area contributed by atoms with Crippen LogP contribution in [0.25, 0.3) is 11.1 Å². The van der Waals surface area contributed by atoms with Crippen LogP contribution in [-0.4, -0.2) is 25.9 Å². The molecule has 0 heterocycles. The van der Waals surface area contributed by atoms with Gasteiger partial charge in [0.2, 0.25) is 0 Å². The third-order valence-electron chi connectivity index (χ3n) is 5.31. The quantitative estimate of drug-likeness (QED) is 0.368. The van der Waals surface area contributed by atoms with Crippen LogP contribution >= 0.6 is 0 Å². The number of nitrogens with one attached hydrogen (secondary N) is 1. The van der Waals surface area contributed by atoms with E-state index in [1.54, 1.807) is 42.5 Å². The fraction of sp³-hybridized carbons (Fsp3) is 0.0714. The molecule has 0 saturated heterocycles. The first kappa shape index (κ1) is 21.8. The normalized spacial score (nSPS) is 10.4. The second kappa shape index (κ2) is 9.83. The number of methoxy groups -OCH3 is 2. The fourth-order valence-electron chi connectivity index (χ4n) is 3.73. The number of rotatable bonds is 7. The molecular weight excluding hydrogens is 414 g/mol. The van der Waals surface area contributed by atoms with Crippen LogP contribution in [0.3, 0.4) is 0 Å². The van der Waals surface area contributed by atoms with Gasteiger partial charge < -0.3 is 14.8 Å². The van der Waals surface area contributed by atoms with Gasteiger partial charge in [-0.25, -0.2) is 0 Å². The molecule has 0 saturated carbocycles. The molecule has 1 amide bonds. The SMILES string of the molecule is COc1ccc(-c2ccccc2)c(C(=O)Nc2ccccc2C(=O)c2ccccc2)c1OC. The summed E-state index contributed by atoms with van der Waals surface area (Å²) in [5, 5.41) is 2.92. The van der Waals surface area contributed by atoms with Crippen molar-refractivity contribution >= 4 is 17.4 Å². The lowest BCUT2D eigenvalue weighted by Crippen LogP contribution is -2.17. The highest BCUT2D eigenvalue weighted by Gasteiger charge is 2.24. The van der Waals surface area contributed by atoms with E-state index < -0.39 is 5.91 Å². The minimum absolute atomic E-state index is 0.174. The van der Waals surface area contributed by atoms with Crippen molar-refractivity contribution in [3.63, 3.8) is 0 Å². The Balaban J connectivity index is 1.78. The van der Waals surface area contributed by atoms with Gasteiger partial charge >= 0.3 is 0 Å². The van der Waals surface area contributed by atoms with Crippen molar-refractivity contribution in [1.82, 2.24) is 0 Å². The minimum atomic E-state index is -0.405. The first-order valence-corrected chi connectivity index (χ1v) is 10.4. The van der Waals surface area contributed by atoms with E-state index in [1.165, 1.54) is 14.2 Å². The molecule has 0 radical (unpaired) electrons. The van der Waals surface area contributed by atoms with E-state index in [0.717, 1.165) is 5.56 Å². The number of para-hydroxylation sites is 1. The number of benzene rings is 4. The van der Waals surface area contributed by atoms with Gasteiger partial charge in [0.05, 0.1) is 25.5 Å². The molecule has 0 unspecified atom stereocenters. The predicted octanol–water partition coefficient (Wildman–Crippen LogP) is 5.85. The zero-order valence-electron chi connectivity index (χ0n) is 18.4. The van der Waals surface area contributed by atoms with Crippen molar-refractivity contribution in [2.45, 2.75) is 0 Å². The zero-order chi connectivity index (χ0) is 23.2. The van der Waals surface area contributed by atoms with Gasteiger partial charge in [-0.15, -0.1) is 0 Å². The number of ketones is 1. The van der Waals surface area contributed by atoms with E-state index in [1.807, 2.05) is 54.6 Å². The highest BCUT2D eigenvalue weighted by Crippen LogP contribution is 2.38. The second-order valence-electron chi connectivity index (χ2n) is 7.28. The van der Waals surface area contributed by atoms with Crippen LogP contribution in [-0.2, 0) is 0 Å². The molecule has 4 rings (SSSR count). The molecule has 0 atom stereocenters. The smallest absolute Gasteiger partial charge is 0.260 e. The largest absolute Gasteiger partial charge is 0.493 e. The van der Waals surface area contributed by atoms with Gasteiger partial charge in [0, 0.05) is 11.1 Å². The fourth-order valence-corrected chi connectivity index (χ4v) is 3.73. The lowest BCUT2D eigenvalue weighted by atomic mass is 9.97. The maximum Gasteiger partial charge on any atom is 0.260 e.